The molecule has 0 radical (unpaired) electrons. The van der Waals surface area contributed by atoms with E-state index in [9.17, 15) is 0 Å². The van der Waals surface area contributed by atoms with Crippen LogP contribution < -0.4 is 10.6 Å². The normalized spacial score (nSPS) is 11.6. The monoisotopic (exact) mass is 299 g/mol. The van der Waals surface area contributed by atoms with Crippen LogP contribution in [0.25, 0.3) is 0 Å². The van der Waals surface area contributed by atoms with E-state index >= 15 is 0 Å². The number of aliphatic imine (C=N–C) groups is 1. The summed E-state index contributed by atoms with van der Waals surface area (Å²) < 4.78 is 10.3. The molecule has 1 aromatic heterocycles. The van der Waals surface area contributed by atoms with Crippen molar-refractivity contribution in [2.75, 3.05) is 40.0 Å². The Balaban J connectivity index is 2.16. The van der Waals surface area contributed by atoms with Crippen LogP contribution in [0.4, 0.5) is 0 Å². The van der Waals surface area contributed by atoms with Gasteiger partial charge in [-0.15, -0.1) is 0 Å². The number of hydrogen-bond acceptors (Lipinski definition) is 4. The van der Waals surface area contributed by atoms with Crippen molar-refractivity contribution in [3.05, 3.63) is 22.4 Å². The second kappa shape index (κ2) is 11.7. The van der Waals surface area contributed by atoms with Gasteiger partial charge in [-0.1, -0.05) is 0 Å². The molecule has 114 valence electrons. The van der Waals surface area contributed by atoms with Gasteiger partial charge >= 0.3 is 0 Å². The first-order valence-electron chi connectivity index (χ1n) is 6.96. The van der Waals surface area contributed by atoms with Gasteiger partial charge in [0.1, 0.15) is 0 Å². The second-order valence-corrected chi connectivity index (χ2v) is 4.99. The Hall–Kier alpha value is -1.11. The average Bonchev–Trinajstić information content (AvgIpc) is 2.97. The van der Waals surface area contributed by atoms with E-state index in [1.54, 1.807) is 18.4 Å². The van der Waals surface area contributed by atoms with Crippen LogP contribution in [0.3, 0.4) is 0 Å². The lowest BCUT2D eigenvalue weighted by Gasteiger charge is -2.11. The van der Waals surface area contributed by atoms with Crippen LogP contribution in [-0.4, -0.2) is 46.0 Å². The molecule has 0 fully saturated rings. The topological polar surface area (TPSA) is 54.9 Å². The van der Waals surface area contributed by atoms with Gasteiger partial charge in [0, 0.05) is 26.8 Å². The van der Waals surface area contributed by atoms with Crippen LogP contribution in [0.1, 0.15) is 18.9 Å². The molecule has 0 aliphatic heterocycles. The van der Waals surface area contributed by atoms with Crippen molar-refractivity contribution >= 4 is 17.3 Å². The largest absolute Gasteiger partial charge is 0.382 e. The number of guanidine groups is 1. The first kappa shape index (κ1) is 16.9. The molecule has 5 nitrogen and oxygen atoms in total. The number of nitrogens with one attached hydrogen (secondary N) is 2. The summed E-state index contributed by atoms with van der Waals surface area (Å²) in [5.41, 5.74) is 1.25. The maximum Gasteiger partial charge on any atom is 0.191 e. The molecule has 0 atom stereocenters. The zero-order valence-electron chi connectivity index (χ0n) is 12.4. The molecule has 1 heterocycles. The van der Waals surface area contributed by atoms with Crippen LogP contribution in [-0.2, 0) is 16.0 Å². The minimum atomic E-state index is 0.651. The molecule has 0 aliphatic rings. The number of nitrogens with zero attached hydrogens (tertiary/aromatic N) is 1. The van der Waals surface area contributed by atoms with E-state index in [-0.39, 0.29) is 0 Å². The van der Waals surface area contributed by atoms with Gasteiger partial charge in [-0.05, 0) is 35.7 Å². The Kier molecular flexibility index (Phi) is 9.91. The molecule has 2 N–H and O–H groups in total. The number of methoxy groups -OCH3 is 1. The second-order valence-electron chi connectivity index (χ2n) is 4.21. The van der Waals surface area contributed by atoms with E-state index in [1.807, 2.05) is 0 Å². The molecule has 1 rings (SSSR count). The average molecular weight is 299 g/mol. The van der Waals surface area contributed by atoms with Gasteiger partial charge in [0.2, 0.25) is 0 Å². The van der Waals surface area contributed by atoms with Crippen LogP contribution in [0.2, 0.25) is 0 Å². The van der Waals surface area contributed by atoms with Gasteiger partial charge in [0.25, 0.3) is 0 Å². The highest BCUT2D eigenvalue weighted by Crippen LogP contribution is 2.06. The number of thiophene rings is 1. The van der Waals surface area contributed by atoms with Crippen molar-refractivity contribution in [2.45, 2.75) is 19.9 Å². The Labute approximate surface area is 125 Å². The molecule has 0 aromatic carbocycles. The molecule has 20 heavy (non-hydrogen) atoms. The lowest BCUT2D eigenvalue weighted by Crippen LogP contribution is -2.38. The maximum atomic E-state index is 5.41. The lowest BCUT2D eigenvalue weighted by atomic mass is 10.3. The fourth-order valence-electron chi connectivity index (χ4n) is 1.52. The highest BCUT2D eigenvalue weighted by molar-refractivity contribution is 7.07. The summed E-state index contributed by atoms with van der Waals surface area (Å²) in [6, 6.07) is 2.10. The van der Waals surface area contributed by atoms with Gasteiger partial charge in [-0.2, -0.15) is 11.3 Å². The Morgan fingerprint density at radius 3 is 2.90 bits per heavy atom. The number of rotatable bonds is 10. The molecule has 0 amide bonds. The fraction of sp³-hybridized carbons (Fsp3) is 0.643. The van der Waals surface area contributed by atoms with Gasteiger partial charge in [0.15, 0.2) is 5.96 Å². The minimum Gasteiger partial charge on any atom is -0.382 e. The maximum absolute atomic E-state index is 5.41. The third-order valence-corrected chi connectivity index (χ3v) is 3.27. The SMILES string of the molecule is CCNC(=NCc1ccsc1)NCCCOCCOC. The first-order chi connectivity index (χ1) is 9.86. The number of hydrogen-bond donors (Lipinski definition) is 2. The van der Waals surface area contributed by atoms with Crippen LogP contribution in [0, 0.1) is 0 Å². The van der Waals surface area contributed by atoms with Crippen molar-refractivity contribution in [3.63, 3.8) is 0 Å². The summed E-state index contributed by atoms with van der Waals surface area (Å²) >= 11 is 1.70. The minimum absolute atomic E-state index is 0.651. The highest BCUT2D eigenvalue weighted by atomic mass is 32.1. The Morgan fingerprint density at radius 2 is 2.20 bits per heavy atom. The van der Waals surface area contributed by atoms with Crippen molar-refractivity contribution in [1.29, 1.82) is 0 Å². The summed E-state index contributed by atoms with van der Waals surface area (Å²) in [6.07, 6.45) is 0.951. The standard InChI is InChI=1S/C14H25N3O2S/c1-3-15-14(17-11-13-5-10-20-12-13)16-6-4-7-19-9-8-18-2/h5,10,12H,3-4,6-9,11H2,1-2H3,(H2,15,16,17). The quantitative estimate of drug-likeness (QED) is 0.393. The lowest BCUT2D eigenvalue weighted by molar-refractivity contribution is 0.0698. The van der Waals surface area contributed by atoms with Crippen LogP contribution in [0.5, 0.6) is 0 Å². The molecule has 1 aromatic rings. The van der Waals surface area contributed by atoms with Gasteiger partial charge in [-0.25, -0.2) is 4.99 Å². The molecule has 0 unspecified atom stereocenters. The summed E-state index contributed by atoms with van der Waals surface area (Å²) in [5.74, 6) is 0.857. The smallest absolute Gasteiger partial charge is 0.191 e. The molecule has 0 bridgehead atoms. The van der Waals surface area contributed by atoms with E-state index in [1.165, 1.54) is 5.56 Å². The van der Waals surface area contributed by atoms with Crippen LogP contribution >= 0.6 is 11.3 Å². The van der Waals surface area contributed by atoms with Crippen molar-refractivity contribution in [1.82, 2.24) is 10.6 Å². The molecular weight excluding hydrogens is 274 g/mol. The molecular formula is C14H25N3O2S. The van der Waals surface area contributed by atoms with Crippen molar-refractivity contribution < 1.29 is 9.47 Å². The summed E-state index contributed by atoms with van der Waals surface area (Å²) in [7, 11) is 1.68. The summed E-state index contributed by atoms with van der Waals surface area (Å²) in [6.45, 7) is 6.53. The summed E-state index contributed by atoms with van der Waals surface area (Å²) in [5, 5.41) is 10.7. The number of ether oxygens (including phenoxy) is 2. The highest BCUT2D eigenvalue weighted by Gasteiger charge is 1.97. The van der Waals surface area contributed by atoms with Gasteiger partial charge in [-0.3, -0.25) is 0 Å². The molecule has 0 aliphatic carbocycles. The van der Waals surface area contributed by atoms with E-state index in [2.05, 4.69) is 39.4 Å². The molecule has 6 heteroatoms. The van der Waals surface area contributed by atoms with Crippen LogP contribution in [0.15, 0.2) is 21.8 Å². The molecule has 0 saturated heterocycles. The zero-order chi connectivity index (χ0) is 14.5. The Morgan fingerprint density at radius 1 is 1.30 bits per heavy atom. The van der Waals surface area contributed by atoms with E-state index in [4.69, 9.17) is 9.47 Å². The summed E-state index contributed by atoms with van der Waals surface area (Å²) in [4.78, 5) is 4.54. The first-order valence-corrected chi connectivity index (χ1v) is 7.91. The van der Waals surface area contributed by atoms with Crippen molar-refractivity contribution in [3.8, 4) is 0 Å². The van der Waals surface area contributed by atoms with E-state index < -0.39 is 0 Å². The Bertz CT molecular complexity index is 355. The zero-order valence-corrected chi connectivity index (χ0v) is 13.2. The predicted molar refractivity (Wildman–Crippen MR) is 84.4 cm³/mol. The van der Waals surface area contributed by atoms with Gasteiger partial charge < -0.3 is 20.1 Å². The van der Waals surface area contributed by atoms with Crippen molar-refractivity contribution in [2.24, 2.45) is 4.99 Å². The predicted octanol–water partition coefficient (Wildman–Crippen LogP) is 1.86. The molecule has 0 saturated carbocycles. The van der Waals surface area contributed by atoms with Gasteiger partial charge in [0.05, 0.1) is 19.8 Å². The van der Waals surface area contributed by atoms with E-state index in [0.717, 1.165) is 32.1 Å². The van der Waals surface area contributed by atoms with E-state index in [0.29, 0.717) is 19.8 Å². The fourth-order valence-corrected chi connectivity index (χ4v) is 2.18. The molecule has 0 spiro atoms. The third-order valence-electron chi connectivity index (χ3n) is 2.53. The third kappa shape index (κ3) is 8.14.